The van der Waals surface area contributed by atoms with Crippen LogP contribution >= 0.6 is 11.6 Å². The number of likely N-dealkylation sites (N-methyl/N-ethyl adjacent to an activating group) is 3. The highest BCUT2D eigenvalue weighted by atomic mass is 35.5. The topological polar surface area (TPSA) is 128 Å². The van der Waals surface area contributed by atoms with E-state index in [1.165, 1.54) is 61.8 Å². The molecule has 13 heteroatoms. The van der Waals surface area contributed by atoms with Gasteiger partial charge >= 0.3 is 5.97 Å². The lowest BCUT2D eigenvalue weighted by atomic mass is 9.78. The summed E-state index contributed by atoms with van der Waals surface area (Å²) in [4.78, 5) is 79.5. The molecule has 3 saturated carbocycles. The second-order valence-electron chi connectivity index (χ2n) is 21.4. The van der Waals surface area contributed by atoms with Crippen LogP contribution < -0.4 is 10.6 Å². The van der Waals surface area contributed by atoms with Gasteiger partial charge in [0, 0.05) is 48.9 Å². The zero-order chi connectivity index (χ0) is 51.1. The largest absolute Gasteiger partial charge is 0.444 e. The van der Waals surface area contributed by atoms with E-state index < -0.39 is 47.6 Å². The first-order valence-corrected chi connectivity index (χ1v) is 28.8. The van der Waals surface area contributed by atoms with Gasteiger partial charge in [0.1, 0.15) is 33.9 Å². The number of nitrogens with one attached hydrogen (secondary N) is 2. The van der Waals surface area contributed by atoms with Crippen molar-refractivity contribution in [2.75, 3.05) is 34.2 Å². The first-order chi connectivity index (χ1) is 34.9. The van der Waals surface area contributed by atoms with E-state index in [0.29, 0.717) is 53.3 Å². The fraction of sp³-hybridized carbons (Fsp3) is 0.610. The Morgan fingerprint density at radius 3 is 1.85 bits per heavy atom. The number of nitrogens with zero attached hydrogens (tertiary/aromatic N) is 3. The van der Waals surface area contributed by atoms with Crippen molar-refractivity contribution in [3.05, 3.63) is 106 Å². The number of hydrogen-bond donors (Lipinski definition) is 2. The minimum Gasteiger partial charge on any atom is -0.444 e. The Bertz CT molecular complexity index is 2230. The summed E-state index contributed by atoms with van der Waals surface area (Å²) >= 11 is 9.78. The maximum Gasteiger partial charge on any atom is 0.310 e. The van der Waals surface area contributed by atoms with Crippen LogP contribution in [0.15, 0.2) is 78.9 Å². The molecule has 4 fully saturated rings. The third-order valence-corrected chi connectivity index (χ3v) is 17.5. The summed E-state index contributed by atoms with van der Waals surface area (Å²) in [5, 5.41) is 7.09. The fourth-order valence-electron chi connectivity index (χ4n) is 12.5. The molecule has 388 valence electrons. The van der Waals surface area contributed by atoms with Gasteiger partial charge in [-0.1, -0.05) is 173 Å². The minimum absolute atomic E-state index is 0.179. The molecule has 3 aliphatic carbocycles. The minimum atomic E-state index is -1.52. The molecule has 4 aliphatic rings. The van der Waals surface area contributed by atoms with Gasteiger partial charge in [-0.05, 0) is 88.3 Å². The SMILES string of the molecule is CN[C@@H]([CH2][Al])C(=O)NC1(C(=O)N(C)[C@H](C(=O)N(C)[C@@H](CC(=O)OC(c2ccccc2)(c2ccc(C3CCCCCCCCCC3)cc2)c2ccccc2Cl)C(=O)N2CCCCC2)C2CCCCC2)CCCC1. The quantitative estimate of drug-likeness (QED) is 0.0783. The highest BCUT2D eigenvalue weighted by Gasteiger charge is 2.50. The van der Waals surface area contributed by atoms with E-state index in [0.717, 1.165) is 82.6 Å². The molecule has 0 aromatic heterocycles. The van der Waals surface area contributed by atoms with Gasteiger partial charge < -0.3 is 30.1 Å². The summed E-state index contributed by atoms with van der Waals surface area (Å²) in [5.41, 5.74) is 0.596. The van der Waals surface area contributed by atoms with Gasteiger partial charge in [-0.15, -0.1) is 0 Å². The molecule has 2 N–H and O–H groups in total. The molecule has 1 aliphatic heterocycles. The van der Waals surface area contributed by atoms with Crippen LogP contribution in [0.1, 0.15) is 176 Å². The Morgan fingerprint density at radius 1 is 0.708 bits per heavy atom. The van der Waals surface area contributed by atoms with Crippen molar-refractivity contribution < 1.29 is 28.7 Å². The average Bonchev–Trinajstić information content (AvgIpc) is 3.87. The summed E-state index contributed by atoms with van der Waals surface area (Å²) in [6.07, 6.45) is 21.4. The predicted octanol–water partition coefficient (Wildman–Crippen LogP) is 10.4. The molecular formula is C59H81AlClN5O6. The molecule has 1 heterocycles. The summed E-state index contributed by atoms with van der Waals surface area (Å²) in [6, 6.07) is 23.0. The summed E-state index contributed by atoms with van der Waals surface area (Å²) in [7, 11) is 5.02. The number of benzene rings is 3. The van der Waals surface area contributed by atoms with Crippen molar-refractivity contribution in [1.29, 1.82) is 0 Å². The molecule has 4 atom stereocenters. The Kier molecular flexibility index (Phi) is 20.7. The van der Waals surface area contributed by atoms with Crippen molar-refractivity contribution in [1.82, 2.24) is 25.3 Å². The highest BCUT2D eigenvalue weighted by molar-refractivity contribution is 6.31. The number of amides is 4. The molecule has 0 bridgehead atoms. The van der Waals surface area contributed by atoms with Crippen LogP contribution in [0.2, 0.25) is 10.3 Å². The van der Waals surface area contributed by atoms with Crippen molar-refractivity contribution >= 4 is 57.5 Å². The first kappa shape index (κ1) is 55.5. The van der Waals surface area contributed by atoms with Crippen LogP contribution in [0.25, 0.3) is 0 Å². The van der Waals surface area contributed by atoms with Crippen LogP contribution in [0.5, 0.6) is 0 Å². The van der Waals surface area contributed by atoms with E-state index in [2.05, 4.69) is 51.2 Å². The number of likely N-dealkylation sites (tertiary alicyclic amines) is 1. The second-order valence-corrected chi connectivity index (χ2v) is 22.3. The van der Waals surface area contributed by atoms with E-state index in [9.17, 15) is 4.79 Å². The summed E-state index contributed by atoms with van der Waals surface area (Å²) in [6.45, 7) is 1.04. The maximum atomic E-state index is 15.6. The number of carbonyl (C=O) groups excluding carboxylic acids is 5. The zero-order valence-electron chi connectivity index (χ0n) is 43.5. The molecule has 0 spiro atoms. The van der Waals surface area contributed by atoms with E-state index in [4.69, 9.17) is 16.3 Å². The monoisotopic (exact) mass is 1020 g/mol. The van der Waals surface area contributed by atoms with Crippen LogP contribution in [0, 0.1) is 5.92 Å². The molecule has 72 heavy (non-hydrogen) atoms. The Hall–Kier alpha value is -4.21. The molecular weight excluding hydrogens is 937 g/mol. The van der Waals surface area contributed by atoms with E-state index >= 15 is 19.2 Å². The first-order valence-electron chi connectivity index (χ1n) is 27.6. The molecule has 1 unspecified atom stereocenters. The van der Waals surface area contributed by atoms with E-state index in [-0.39, 0.29) is 23.6 Å². The second kappa shape index (κ2) is 26.8. The Balaban J connectivity index is 1.25. The van der Waals surface area contributed by atoms with Gasteiger partial charge in [-0.2, -0.15) is 0 Å². The van der Waals surface area contributed by atoms with E-state index in [1.807, 2.05) is 48.5 Å². The van der Waals surface area contributed by atoms with Crippen molar-refractivity contribution in [3.8, 4) is 0 Å². The zero-order valence-corrected chi connectivity index (χ0v) is 45.4. The van der Waals surface area contributed by atoms with Crippen molar-refractivity contribution in [2.24, 2.45) is 5.92 Å². The number of carbonyl (C=O) groups is 5. The smallest absolute Gasteiger partial charge is 0.310 e. The lowest BCUT2D eigenvalue weighted by molar-refractivity contribution is -0.161. The molecule has 11 nitrogen and oxygen atoms in total. The van der Waals surface area contributed by atoms with Gasteiger partial charge in [-0.3, -0.25) is 24.0 Å². The summed E-state index contributed by atoms with van der Waals surface area (Å²) in [5.74, 6) is -1.68. The Morgan fingerprint density at radius 2 is 1.25 bits per heavy atom. The molecule has 3 aromatic rings. The molecule has 4 amide bonds. The highest BCUT2D eigenvalue weighted by Crippen LogP contribution is 2.45. The summed E-state index contributed by atoms with van der Waals surface area (Å²) < 4.78 is 7.02. The van der Waals surface area contributed by atoms with Crippen LogP contribution in [-0.4, -0.2) is 118 Å². The third-order valence-electron chi connectivity index (χ3n) is 16.7. The van der Waals surface area contributed by atoms with Gasteiger partial charge in [0.2, 0.25) is 23.6 Å². The lowest BCUT2D eigenvalue weighted by Crippen LogP contribution is -2.65. The number of ether oxygens (including phenoxy) is 1. The average molecular weight is 1020 g/mol. The van der Waals surface area contributed by atoms with Gasteiger partial charge in [0.05, 0.1) is 12.5 Å². The predicted molar refractivity (Wildman–Crippen MR) is 287 cm³/mol. The normalized spacial score (nSPS) is 20.4. The van der Waals surface area contributed by atoms with Gasteiger partial charge in [0.25, 0.3) is 0 Å². The van der Waals surface area contributed by atoms with Crippen LogP contribution in [0.3, 0.4) is 0 Å². The standard InChI is InChI=1S/C59H81ClN5O6.Al/c1-43(61-2)54(67)62-58(38-22-23-39-58)57(70)64(4)53(46-28-16-11-17-29-46)56(69)63(3)51(55(68)65-40-24-13-25-41-65)42-52(66)71-59(47-30-18-12-19-31-47,49-32-20-21-33-50(49)60)48-36-34-45(35-37-48)44-26-14-9-7-5-6-8-10-15-27-44;/h12,18-21,30-37,43-44,46,51,53,61H,1,5-11,13-17,22-29,38-42H2,2-4H3,(H,62,67);/t43-,51-,53-,59?;/m0./s1. The maximum absolute atomic E-state index is 15.6. The lowest BCUT2D eigenvalue weighted by Gasteiger charge is -2.43. The fourth-order valence-corrected chi connectivity index (χ4v) is 13.2. The third kappa shape index (κ3) is 13.2. The molecule has 7 rings (SSSR count). The van der Waals surface area contributed by atoms with Gasteiger partial charge in [0.15, 0.2) is 5.60 Å². The van der Waals surface area contributed by atoms with Crippen molar-refractivity contribution in [2.45, 2.75) is 188 Å². The Labute approximate surface area is 443 Å². The van der Waals surface area contributed by atoms with Gasteiger partial charge in [-0.25, -0.2) is 0 Å². The van der Waals surface area contributed by atoms with Crippen molar-refractivity contribution in [3.63, 3.8) is 0 Å². The number of esters is 1. The van der Waals surface area contributed by atoms with Crippen LogP contribution in [0.4, 0.5) is 0 Å². The molecule has 2 radical (unpaired) electrons. The number of hydrogen-bond acceptors (Lipinski definition) is 7. The number of rotatable bonds is 17. The molecule has 3 aromatic carbocycles. The van der Waals surface area contributed by atoms with Crippen LogP contribution in [-0.2, 0) is 34.3 Å². The molecule has 1 saturated heterocycles. The van der Waals surface area contributed by atoms with E-state index in [1.54, 1.807) is 37.0 Å². The number of piperidine rings is 1. The number of halogens is 1.